The van der Waals surface area contributed by atoms with Gasteiger partial charge in [0.05, 0.1) is 18.3 Å². The molecule has 11 heteroatoms. The molecule has 230 valence electrons. The Morgan fingerprint density at radius 3 is 2.02 bits per heavy atom. The minimum absolute atomic E-state index is 0.0274. The number of H-pyrrole nitrogens is 3. The smallest absolute Gasteiger partial charge is 0.332 e. The van der Waals surface area contributed by atoms with Crippen molar-refractivity contribution in [3.63, 3.8) is 0 Å². The Balaban J connectivity index is 1.47. The van der Waals surface area contributed by atoms with Crippen molar-refractivity contribution in [3.8, 4) is 0 Å². The van der Waals surface area contributed by atoms with Gasteiger partial charge in [-0.2, -0.15) is 0 Å². The van der Waals surface area contributed by atoms with Gasteiger partial charge in [0, 0.05) is 24.9 Å². The largest absolute Gasteiger partial charge is 0.355 e. The summed E-state index contributed by atoms with van der Waals surface area (Å²) in [6, 6.07) is 0. The molecule has 0 radical (unpaired) electrons. The number of hydrogen-bond donors (Lipinski definition) is 4. The van der Waals surface area contributed by atoms with Crippen molar-refractivity contribution in [3.05, 3.63) is 32.6 Å². The van der Waals surface area contributed by atoms with Crippen LogP contribution in [0.5, 0.6) is 0 Å². The van der Waals surface area contributed by atoms with Crippen LogP contribution in [-0.2, 0) is 24.9 Å². The number of ether oxygens (including phenoxy) is 1. The van der Waals surface area contributed by atoms with E-state index in [0.29, 0.717) is 43.8 Å². The first-order chi connectivity index (χ1) is 19.5. The van der Waals surface area contributed by atoms with Gasteiger partial charge in [-0.25, -0.2) is 4.79 Å². The van der Waals surface area contributed by atoms with Gasteiger partial charge >= 0.3 is 13.3 Å². The van der Waals surface area contributed by atoms with Crippen LogP contribution in [0.2, 0.25) is 0 Å². The maximum Gasteiger partial charge on any atom is 0.332 e. The summed E-state index contributed by atoms with van der Waals surface area (Å²) in [7, 11) is -3.23. The maximum atomic E-state index is 13.0. The molecule has 1 unspecified atom stereocenters. The molecule has 0 spiro atoms. The van der Waals surface area contributed by atoms with Crippen LogP contribution in [0.3, 0.4) is 0 Å². The Kier molecular flexibility index (Phi) is 18.2. The van der Waals surface area contributed by atoms with Crippen LogP contribution in [0.4, 0.5) is 0 Å². The summed E-state index contributed by atoms with van der Waals surface area (Å²) in [5, 5.41) is 3.24. The molecule has 10 nitrogen and oxygen atoms in total. The number of hydrogen-bond acceptors (Lipinski definition) is 7. The van der Waals surface area contributed by atoms with Crippen molar-refractivity contribution >= 4 is 18.6 Å². The molecule has 0 aromatic carbocycles. The fraction of sp³-hybridized carbons (Fsp3) is 0.793. The first kappa shape index (κ1) is 34.5. The van der Waals surface area contributed by atoms with E-state index in [1.54, 1.807) is 13.1 Å². The molecule has 0 aliphatic rings. The van der Waals surface area contributed by atoms with Crippen molar-refractivity contribution in [2.45, 2.75) is 117 Å². The fourth-order valence-corrected chi connectivity index (χ4v) is 6.30. The fourth-order valence-electron chi connectivity index (χ4n) is 4.79. The third-order valence-corrected chi connectivity index (χ3v) is 9.07. The minimum Gasteiger partial charge on any atom is -0.355 e. The highest BCUT2D eigenvalue weighted by atomic mass is 31.2. The van der Waals surface area contributed by atoms with Gasteiger partial charge in [-0.1, -0.05) is 90.4 Å². The molecule has 4 N–H and O–H groups in total. The summed E-state index contributed by atoms with van der Waals surface area (Å²) in [5.74, 6) is 0. The zero-order chi connectivity index (χ0) is 28.9. The lowest BCUT2D eigenvalue weighted by Gasteiger charge is -2.18. The van der Waals surface area contributed by atoms with Gasteiger partial charge < -0.3 is 24.5 Å². The molecular formula is C29H53N4O6P. The molecule has 2 heterocycles. The minimum atomic E-state index is -3.23. The second kappa shape index (κ2) is 21.1. The predicted molar refractivity (Wildman–Crippen MR) is 162 cm³/mol. The first-order valence-electron chi connectivity index (χ1n) is 15.5. The highest BCUT2D eigenvalue weighted by molar-refractivity contribution is 7.53. The van der Waals surface area contributed by atoms with Gasteiger partial charge in [0.15, 0.2) is 6.79 Å². The van der Waals surface area contributed by atoms with Gasteiger partial charge in [0.1, 0.15) is 5.52 Å². The lowest BCUT2D eigenvalue weighted by molar-refractivity contribution is 0.00379. The SMILES string of the molecule is CCCCCCCCCCCCCCCCOCOP(=O)(CCCNCc1c[nH]c2c(=O)[nH]c(=O)[nH]c12)OCC. The molecule has 0 amide bonds. The molecule has 0 aliphatic carbocycles. The molecule has 0 bridgehead atoms. The van der Waals surface area contributed by atoms with Crippen LogP contribution in [0, 0.1) is 0 Å². The van der Waals surface area contributed by atoms with E-state index < -0.39 is 18.8 Å². The molecule has 0 saturated carbocycles. The molecule has 2 aromatic heterocycles. The van der Waals surface area contributed by atoms with Crippen LogP contribution >= 0.6 is 7.60 Å². The van der Waals surface area contributed by atoms with Crippen LogP contribution in [-0.4, -0.2) is 47.7 Å². The predicted octanol–water partition coefficient (Wildman–Crippen LogP) is 6.73. The number of aromatic nitrogens is 3. The van der Waals surface area contributed by atoms with Gasteiger partial charge in [0.25, 0.3) is 5.56 Å². The Hall–Kier alpha value is -1.71. The zero-order valence-electron chi connectivity index (χ0n) is 24.8. The van der Waals surface area contributed by atoms with Crippen molar-refractivity contribution in [2.75, 3.05) is 32.7 Å². The summed E-state index contributed by atoms with van der Waals surface area (Å²) < 4.78 is 29.5. The average Bonchev–Trinajstić information content (AvgIpc) is 3.33. The van der Waals surface area contributed by atoms with E-state index >= 15 is 0 Å². The third kappa shape index (κ3) is 14.3. The second-order valence-corrected chi connectivity index (χ2v) is 12.7. The highest BCUT2D eigenvalue weighted by Gasteiger charge is 2.23. The summed E-state index contributed by atoms with van der Waals surface area (Å²) in [4.78, 5) is 31.1. The van der Waals surface area contributed by atoms with E-state index in [4.69, 9.17) is 13.8 Å². The number of aromatic amines is 3. The van der Waals surface area contributed by atoms with Gasteiger partial charge in [-0.3, -0.25) is 18.9 Å². The number of rotatable bonds is 26. The summed E-state index contributed by atoms with van der Waals surface area (Å²) in [6.45, 7) is 5.95. The molecule has 2 aromatic rings. The average molecular weight is 585 g/mol. The molecule has 2 rings (SSSR count). The standard InChI is InChI=1S/C29H53N4O6P/c1-3-5-6-7-8-9-10-11-12-13-14-15-16-17-20-37-24-39-40(36,38-4-2)21-18-19-30-22-25-23-31-27-26(25)32-29(35)33-28(27)34/h23,30-31H,3-22,24H2,1-2H3,(H2,32,33,34,35). The lowest BCUT2D eigenvalue weighted by atomic mass is 10.0. The zero-order valence-corrected chi connectivity index (χ0v) is 25.7. The van der Waals surface area contributed by atoms with E-state index in [-0.39, 0.29) is 13.0 Å². The normalized spacial score (nSPS) is 13.2. The van der Waals surface area contributed by atoms with E-state index in [2.05, 4.69) is 27.2 Å². The van der Waals surface area contributed by atoms with E-state index in [1.165, 1.54) is 77.0 Å². The van der Waals surface area contributed by atoms with E-state index in [0.717, 1.165) is 18.4 Å². The molecule has 0 saturated heterocycles. The number of fused-ring (bicyclic) bond motifs is 1. The van der Waals surface area contributed by atoms with E-state index in [1.807, 2.05) is 0 Å². The third-order valence-electron chi connectivity index (χ3n) is 7.06. The summed E-state index contributed by atoms with van der Waals surface area (Å²) >= 11 is 0. The quantitative estimate of drug-likeness (QED) is 0.0547. The molecule has 0 aliphatic heterocycles. The Morgan fingerprint density at radius 2 is 1.40 bits per heavy atom. The number of unbranched alkanes of at least 4 members (excludes halogenated alkanes) is 13. The van der Waals surface area contributed by atoms with E-state index in [9.17, 15) is 14.2 Å². The lowest BCUT2D eigenvalue weighted by Crippen LogP contribution is -2.22. The maximum absolute atomic E-state index is 13.0. The number of nitrogens with one attached hydrogen (secondary N) is 4. The second-order valence-electron chi connectivity index (χ2n) is 10.5. The molecule has 40 heavy (non-hydrogen) atoms. The van der Waals surface area contributed by atoms with Crippen LogP contribution in [0.25, 0.3) is 11.0 Å². The summed E-state index contributed by atoms with van der Waals surface area (Å²) in [5.41, 5.74) is 0.602. The van der Waals surface area contributed by atoms with Crippen molar-refractivity contribution in [2.24, 2.45) is 0 Å². The monoisotopic (exact) mass is 584 g/mol. The topological polar surface area (TPSA) is 138 Å². The molecule has 1 atom stereocenters. The van der Waals surface area contributed by atoms with Crippen LogP contribution in [0.15, 0.2) is 15.8 Å². The molecule has 0 fully saturated rings. The molecular weight excluding hydrogens is 531 g/mol. The Labute approximate surface area is 239 Å². The van der Waals surface area contributed by atoms with Gasteiger partial charge in [-0.15, -0.1) is 0 Å². The van der Waals surface area contributed by atoms with Crippen molar-refractivity contribution in [1.29, 1.82) is 0 Å². The highest BCUT2D eigenvalue weighted by Crippen LogP contribution is 2.48. The first-order valence-corrected chi connectivity index (χ1v) is 17.2. The Morgan fingerprint density at radius 1 is 0.775 bits per heavy atom. The summed E-state index contributed by atoms with van der Waals surface area (Å²) in [6.07, 6.45) is 21.0. The van der Waals surface area contributed by atoms with Crippen molar-refractivity contribution in [1.82, 2.24) is 20.3 Å². The van der Waals surface area contributed by atoms with Gasteiger partial charge in [0.2, 0.25) is 0 Å². The Bertz CT molecular complexity index is 1080. The van der Waals surface area contributed by atoms with Crippen LogP contribution in [0.1, 0.15) is 116 Å². The van der Waals surface area contributed by atoms with Crippen LogP contribution < -0.4 is 16.6 Å². The van der Waals surface area contributed by atoms with Crippen molar-refractivity contribution < 1.29 is 18.3 Å². The van der Waals surface area contributed by atoms with Gasteiger partial charge in [-0.05, 0) is 26.3 Å².